The number of rotatable bonds is 5. The first-order valence-corrected chi connectivity index (χ1v) is 7.85. The fraction of sp³-hybridized carbons (Fsp3) is 0.0625. The highest BCUT2D eigenvalue weighted by Crippen LogP contribution is 2.35. The van der Waals surface area contributed by atoms with E-state index in [0.717, 1.165) is 0 Å². The molecule has 0 atom stereocenters. The number of azide groups is 1. The molecule has 0 amide bonds. The van der Waals surface area contributed by atoms with E-state index in [2.05, 4.69) is 14.8 Å². The minimum atomic E-state index is -0.792. The summed E-state index contributed by atoms with van der Waals surface area (Å²) >= 11 is 18.0. The Morgan fingerprint density at radius 1 is 1.12 bits per heavy atom. The van der Waals surface area contributed by atoms with Gasteiger partial charge < -0.3 is 9.47 Å². The van der Waals surface area contributed by atoms with Crippen molar-refractivity contribution in [3.05, 3.63) is 73.2 Å². The molecule has 0 radical (unpaired) electrons. The van der Waals surface area contributed by atoms with E-state index in [9.17, 15) is 4.79 Å². The molecule has 0 aliphatic rings. The highest BCUT2D eigenvalue weighted by molar-refractivity contribution is 6.34. The van der Waals surface area contributed by atoms with Crippen molar-refractivity contribution in [2.24, 2.45) is 5.11 Å². The zero-order valence-corrected chi connectivity index (χ0v) is 15.0. The molecule has 128 valence electrons. The van der Waals surface area contributed by atoms with Gasteiger partial charge in [0.2, 0.25) is 0 Å². The second-order valence-electron chi connectivity index (χ2n) is 4.57. The molecule has 0 aliphatic heterocycles. The van der Waals surface area contributed by atoms with Crippen LogP contribution in [0.25, 0.3) is 16.5 Å². The summed E-state index contributed by atoms with van der Waals surface area (Å²) in [6.07, 6.45) is 1.32. The highest BCUT2D eigenvalue weighted by Gasteiger charge is 2.12. The predicted molar refractivity (Wildman–Crippen MR) is 97.1 cm³/mol. The van der Waals surface area contributed by atoms with E-state index >= 15 is 0 Å². The zero-order valence-electron chi connectivity index (χ0n) is 12.7. The number of benzene rings is 2. The Kier molecular flexibility index (Phi) is 6.56. The Balaban J connectivity index is 2.52. The zero-order chi connectivity index (χ0) is 18.4. The molecule has 6 nitrogen and oxygen atoms in total. The minimum absolute atomic E-state index is 0.241. The third-order valence-electron chi connectivity index (χ3n) is 2.93. The molecule has 0 unspecified atom stereocenters. The van der Waals surface area contributed by atoms with E-state index in [1.54, 1.807) is 24.3 Å². The molecule has 0 N–H and O–H groups in total. The lowest BCUT2D eigenvalue weighted by molar-refractivity contribution is -0.136. The lowest BCUT2D eigenvalue weighted by Crippen LogP contribution is -2.02. The van der Waals surface area contributed by atoms with Crippen molar-refractivity contribution >= 4 is 46.8 Å². The van der Waals surface area contributed by atoms with Gasteiger partial charge in [0.05, 0.1) is 12.1 Å². The van der Waals surface area contributed by atoms with E-state index in [-0.39, 0.29) is 11.4 Å². The molecule has 0 saturated carbocycles. The van der Waals surface area contributed by atoms with Gasteiger partial charge in [0.25, 0.3) is 0 Å². The molecule has 25 heavy (non-hydrogen) atoms. The van der Waals surface area contributed by atoms with Crippen LogP contribution in [0.1, 0.15) is 5.56 Å². The molecule has 0 spiro atoms. The number of esters is 1. The lowest BCUT2D eigenvalue weighted by atomic mass is 10.1. The van der Waals surface area contributed by atoms with Crippen molar-refractivity contribution < 1.29 is 14.3 Å². The van der Waals surface area contributed by atoms with Crippen molar-refractivity contribution in [3.8, 4) is 11.5 Å². The summed E-state index contributed by atoms with van der Waals surface area (Å²) in [7, 11) is 1.17. The van der Waals surface area contributed by atoms with Crippen LogP contribution in [0.2, 0.25) is 15.1 Å². The second-order valence-corrected chi connectivity index (χ2v) is 5.85. The summed E-state index contributed by atoms with van der Waals surface area (Å²) in [5.74, 6) is -0.208. The molecule has 0 fully saturated rings. The van der Waals surface area contributed by atoms with Gasteiger partial charge in [-0.2, -0.15) is 0 Å². The Hall–Kier alpha value is -2.37. The van der Waals surface area contributed by atoms with Gasteiger partial charge in [-0.1, -0.05) is 39.9 Å². The topological polar surface area (TPSA) is 84.3 Å². The SMILES string of the molecule is COC(=O)/C(=C/c1ccc(Cl)cc1Oc1cc(Cl)ccc1Cl)N=[N+]=[N-]. The first kappa shape index (κ1) is 19.0. The number of hydrogen-bond acceptors (Lipinski definition) is 4. The van der Waals surface area contributed by atoms with Crippen LogP contribution < -0.4 is 4.74 Å². The predicted octanol–water partition coefficient (Wildman–Crippen LogP) is 6.26. The van der Waals surface area contributed by atoms with Crippen LogP contribution in [0, 0.1) is 0 Å². The number of hydrogen-bond donors (Lipinski definition) is 0. The number of carbonyl (C=O) groups excluding carboxylic acids is 1. The largest absolute Gasteiger partial charge is 0.466 e. The molecule has 0 aliphatic carbocycles. The number of methoxy groups -OCH3 is 1. The highest BCUT2D eigenvalue weighted by atomic mass is 35.5. The van der Waals surface area contributed by atoms with E-state index < -0.39 is 5.97 Å². The molecule has 2 aromatic rings. The van der Waals surface area contributed by atoms with Gasteiger partial charge >= 0.3 is 5.97 Å². The van der Waals surface area contributed by atoms with Gasteiger partial charge in [-0.3, -0.25) is 0 Å². The maximum Gasteiger partial charge on any atom is 0.340 e. The number of halogens is 3. The van der Waals surface area contributed by atoms with Gasteiger partial charge in [-0.05, 0) is 35.9 Å². The van der Waals surface area contributed by atoms with E-state index in [4.69, 9.17) is 45.1 Å². The molecule has 0 aromatic heterocycles. The van der Waals surface area contributed by atoms with Crippen LogP contribution >= 0.6 is 34.8 Å². The first-order chi connectivity index (χ1) is 11.9. The van der Waals surface area contributed by atoms with Crippen molar-refractivity contribution in [1.29, 1.82) is 0 Å². The fourth-order valence-corrected chi connectivity index (χ4v) is 2.30. The first-order valence-electron chi connectivity index (χ1n) is 6.72. The van der Waals surface area contributed by atoms with Gasteiger partial charge in [0, 0.05) is 32.7 Å². The van der Waals surface area contributed by atoms with Crippen molar-refractivity contribution in [3.63, 3.8) is 0 Å². The van der Waals surface area contributed by atoms with Crippen LogP contribution in [0.5, 0.6) is 11.5 Å². The van der Waals surface area contributed by atoms with E-state index in [1.165, 1.54) is 25.3 Å². The standard InChI is InChI=1S/C16H10Cl3N3O3/c1-24-16(23)13(21-22-20)6-9-2-3-10(17)7-14(9)25-15-8-11(18)4-5-12(15)19/h2-8H,1H3/b13-6-. The summed E-state index contributed by atoms with van der Waals surface area (Å²) in [5, 5.41) is 4.49. The Bertz CT molecular complexity index is 893. The van der Waals surface area contributed by atoms with Crippen molar-refractivity contribution in [2.75, 3.05) is 7.11 Å². The summed E-state index contributed by atoms with van der Waals surface area (Å²) in [6.45, 7) is 0. The summed E-state index contributed by atoms with van der Waals surface area (Å²) < 4.78 is 10.3. The number of ether oxygens (including phenoxy) is 2. The summed E-state index contributed by atoms with van der Waals surface area (Å²) in [6, 6.07) is 9.44. The van der Waals surface area contributed by atoms with E-state index in [0.29, 0.717) is 26.4 Å². The third kappa shape index (κ3) is 5.05. The Labute approximate surface area is 158 Å². The van der Waals surface area contributed by atoms with Gasteiger partial charge in [0.1, 0.15) is 17.2 Å². The van der Waals surface area contributed by atoms with Gasteiger partial charge in [-0.15, -0.1) is 0 Å². The monoisotopic (exact) mass is 397 g/mol. The minimum Gasteiger partial charge on any atom is -0.466 e. The number of nitrogens with zero attached hydrogens (tertiary/aromatic N) is 3. The van der Waals surface area contributed by atoms with Crippen LogP contribution in [0.3, 0.4) is 0 Å². The van der Waals surface area contributed by atoms with Gasteiger partial charge in [0.15, 0.2) is 0 Å². The molecule has 9 heteroatoms. The molecule has 2 rings (SSSR count). The maximum atomic E-state index is 11.7. The van der Waals surface area contributed by atoms with E-state index in [1.807, 2.05) is 0 Å². The summed E-state index contributed by atoms with van der Waals surface area (Å²) in [5.41, 5.74) is 8.78. The smallest absolute Gasteiger partial charge is 0.340 e. The average Bonchev–Trinajstić information content (AvgIpc) is 2.59. The van der Waals surface area contributed by atoms with Crippen molar-refractivity contribution in [2.45, 2.75) is 0 Å². The van der Waals surface area contributed by atoms with Crippen LogP contribution in [-0.4, -0.2) is 13.1 Å². The molecule has 0 bridgehead atoms. The molecular weight excluding hydrogens is 389 g/mol. The third-order valence-corrected chi connectivity index (χ3v) is 3.71. The molecule has 2 aromatic carbocycles. The number of carbonyl (C=O) groups is 1. The quantitative estimate of drug-likeness (QED) is 0.196. The van der Waals surface area contributed by atoms with Crippen LogP contribution in [0.4, 0.5) is 0 Å². The Morgan fingerprint density at radius 2 is 1.76 bits per heavy atom. The molecule has 0 saturated heterocycles. The lowest BCUT2D eigenvalue weighted by Gasteiger charge is -2.11. The average molecular weight is 399 g/mol. The molecular formula is C16H10Cl3N3O3. The summed E-state index contributed by atoms with van der Waals surface area (Å²) in [4.78, 5) is 14.3. The van der Waals surface area contributed by atoms with Gasteiger partial charge in [-0.25, -0.2) is 4.79 Å². The Morgan fingerprint density at radius 3 is 2.40 bits per heavy atom. The second kappa shape index (κ2) is 8.65. The van der Waals surface area contributed by atoms with Crippen molar-refractivity contribution in [1.82, 2.24) is 0 Å². The molecule has 0 heterocycles. The maximum absolute atomic E-state index is 11.7. The van der Waals surface area contributed by atoms with Crippen LogP contribution in [-0.2, 0) is 9.53 Å². The normalized spacial score (nSPS) is 10.8. The fourth-order valence-electron chi connectivity index (χ4n) is 1.82. The van der Waals surface area contributed by atoms with Crippen LogP contribution in [0.15, 0.2) is 47.2 Å².